The van der Waals surface area contributed by atoms with Crippen LogP contribution in [0.2, 0.25) is 0 Å². The molecule has 0 aromatic heterocycles. The van der Waals surface area contributed by atoms with Crippen LogP contribution in [0.15, 0.2) is 0 Å². The zero-order valence-corrected chi connectivity index (χ0v) is 7.71. The van der Waals surface area contributed by atoms with Crippen LogP contribution in [-0.4, -0.2) is 30.6 Å². The Morgan fingerprint density at radius 3 is 2.45 bits per heavy atom. The Bertz CT molecular complexity index is 106. The van der Waals surface area contributed by atoms with Crippen molar-refractivity contribution < 1.29 is 0 Å². The molecule has 0 radical (unpaired) electrons. The molecular weight excluding hydrogens is 136 g/mol. The van der Waals surface area contributed by atoms with Crippen molar-refractivity contribution >= 4 is 0 Å². The number of nitrogens with zero attached hydrogens (tertiary/aromatic N) is 1. The highest BCUT2D eigenvalue weighted by Crippen LogP contribution is 2.25. The van der Waals surface area contributed by atoms with Gasteiger partial charge in [-0.05, 0) is 26.3 Å². The van der Waals surface area contributed by atoms with E-state index < -0.39 is 0 Å². The fraction of sp³-hybridized carbons (Fsp3) is 1.00. The van der Waals surface area contributed by atoms with Crippen LogP contribution in [0.5, 0.6) is 0 Å². The van der Waals surface area contributed by atoms with Crippen molar-refractivity contribution in [1.29, 1.82) is 0 Å². The van der Waals surface area contributed by atoms with E-state index >= 15 is 0 Å². The minimum atomic E-state index is 0.611. The number of nitrogens with two attached hydrogens (primary N) is 1. The summed E-state index contributed by atoms with van der Waals surface area (Å²) in [6.45, 7) is 3.02. The molecule has 1 rings (SSSR count). The lowest BCUT2D eigenvalue weighted by Crippen LogP contribution is -2.46. The molecule has 1 atom stereocenters. The molecule has 66 valence electrons. The number of hydrogen-bond donors (Lipinski definition) is 1. The van der Waals surface area contributed by atoms with Gasteiger partial charge in [-0.1, -0.05) is 13.3 Å². The molecule has 0 saturated heterocycles. The van der Waals surface area contributed by atoms with E-state index in [0.29, 0.717) is 6.04 Å². The lowest BCUT2D eigenvalue weighted by Gasteiger charge is -2.39. The number of hydrogen-bond acceptors (Lipinski definition) is 2. The molecule has 0 aromatic rings. The minimum absolute atomic E-state index is 0.611. The van der Waals surface area contributed by atoms with Gasteiger partial charge < -0.3 is 5.73 Å². The first kappa shape index (κ1) is 9.01. The molecule has 0 bridgehead atoms. The Morgan fingerprint density at radius 1 is 1.55 bits per heavy atom. The Balaban J connectivity index is 2.30. The van der Waals surface area contributed by atoms with Crippen molar-refractivity contribution in [2.24, 2.45) is 5.73 Å². The van der Waals surface area contributed by atoms with Gasteiger partial charge in [-0.3, -0.25) is 4.90 Å². The maximum Gasteiger partial charge on any atom is 0.0215 e. The van der Waals surface area contributed by atoms with Gasteiger partial charge in [0.15, 0.2) is 0 Å². The molecule has 11 heavy (non-hydrogen) atoms. The molecule has 1 unspecified atom stereocenters. The van der Waals surface area contributed by atoms with Crippen molar-refractivity contribution in [2.45, 2.75) is 44.7 Å². The van der Waals surface area contributed by atoms with Crippen LogP contribution in [-0.2, 0) is 0 Å². The summed E-state index contributed by atoms with van der Waals surface area (Å²) in [5.74, 6) is 0. The third kappa shape index (κ3) is 1.94. The van der Waals surface area contributed by atoms with Gasteiger partial charge in [-0.15, -0.1) is 0 Å². The van der Waals surface area contributed by atoms with Gasteiger partial charge in [-0.25, -0.2) is 0 Å². The first-order chi connectivity index (χ1) is 5.29. The van der Waals surface area contributed by atoms with Crippen LogP contribution in [0, 0.1) is 0 Å². The summed E-state index contributed by atoms with van der Waals surface area (Å²) in [4.78, 5) is 2.46. The van der Waals surface area contributed by atoms with Crippen molar-refractivity contribution in [3.63, 3.8) is 0 Å². The SMILES string of the molecule is CCC(CN)N(C)C1CCC1. The molecule has 0 aliphatic heterocycles. The average molecular weight is 156 g/mol. The van der Waals surface area contributed by atoms with Crippen LogP contribution in [0.25, 0.3) is 0 Å². The molecule has 0 amide bonds. The predicted molar refractivity (Wildman–Crippen MR) is 48.5 cm³/mol. The van der Waals surface area contributed by atoms with Crippen LogP contribution < -0.4 is 5.73 Å². The first-order valence-corrected chi connectivity index (χ1v) is 4.71. The second kappa shape index (κ2) is 4.07. The highest BCUT2D eigenvalue weighted by molar-refractivity contribution is 4.82. The normalized spacial score (nSPS) is 21.8. The topological polar surface area (TPSA) is 29.3 Å². The van der Waals surface area contributed by atoms with Crippen molar-refractivity contribution in [2.75, 3.05) is 13.6 Å². The van der Waals surface area contributed by atoms with E-state index in [1.54, 1.807) is 0 Å². The van der Waals surface area contributed by atoms with E-state index in [4.69, 9.17) is 5.73 Å². The molecule has 2 nitrogen and oxygen atoms in total. The molecule has 1 fully saturated rings. The maximum atomic E-state index is 5.66. The Hall–Kier alpha value is -0.0800. The summed E-state index contributed by atoms with van der Waals surface area (Å²) in [6, 6.07) is 1.45. The second-order valence-corrected chi connectivity index (χ2v) is 3.55. The van der Waals surface area contributed by atoms with E-state index in [9.17, 15) is 0 Å². The molecule has 0 heterocycles. The van der Waals surface area contributed by atoms with E-state index in [2.05, 4.69) is 18.9 Å². The van der Waals surface area contributed by atoms with Gasteiger partial charge in [0.05, 0.1) is 0 Å². The van der Waals surface area contributed by atoms with Gasteiger partial charge in [0.1, 0.15) is 0 Å². The van der Waals surface area contributed by atoms with Crippen molar-refractivity contribution in [3.05, 3.63) is 0 Å². The van der Waals surface area contributed by atoms with Crippen molar-refractivity contribution in [3.8, 4) is 0 Å². The molecular formula is C9H20N2. The third-order valence-electron chi connectivity index (χ3n) is 2.97. The van der Waals surface area contributed by atoms with Crippen LogP contribution in [0.3, 0.4) is 0 Å². The molecule has 2 N–H and O–H groups in total. The van der Waals surface area contributed by atoms with Gasteiger partial charge in [0.25, 0.3) is 0 Å². The summed E-state index contributed by atoms with van der Waals surface area (Å²) in [7, 11) is 2.21. The summed E-state index contributed by atoms with van der Waals surface area (Å²) in [5, 5.41) is 0. The standard InChI is InChI=1S/C9H20N2/c1-3-8(7-10)11(2)9-5-4-6-9/h8-9H,3-7,10H2,1-2H3. The van der Waals surface area contributed by atoms with Crippen LogP contribution in [0.4, 0.5) is 0 Å². The predicted octanol–water partition coefficient (Wildman–Crippen LogP) is 1.21. The van der Waals surface area contributed by atoms with Gasteiger partial charge >= 0.3 is 0 Å². The first-order valence-electron chi connectivity index (χ1n) is 4.71. The third-order valence-corrected chi connectivity index (χ3v) is 2.97. The lowest BCUT2D eigenvalue weighted by atomic mass is 9.90. The average Bonchev–Trinajstić information content (AvgIpc) is 1.86. The van der Waals surface area contributed by atoms with Crippen molar-refractivity contribution in [1.82, 2.24) is 4.90 Å². The second-order valence-electron chi connectivity index (χ2n) is 3.55. The molecule has 2 heteroatoms. The van der Waals surface area contributed by atoms with E-state index in [1.807, 2.05) is 0 Å². The van der Waals surface area contributed by atoms with Gasteiger partial charge in [0.2, 0.25) is 0 Å². The Labute approximate surface area is 69.8 Å². The number of rotatable bonds is 4. The summed E-state index contributed by atoms with van der Waals surface area (Å²) in [5.41, 5.74) is 5.66. The van der Waals surface area contributed by atoms with Crippen LogP contribution >= 0.6 is 0 Å². The molecule has 0 aromatic carbocycles. The largest absolute Gasteiger partial charge is 0.329 e. The maximum absolute atomic E-state index is 5.66. The highest BCUT2D eigenvalue weighted by Gasteiger charge is 2.25. The van der Waals surface area contributed by atoms with Gasteiger partial charge in [0, 0.05) is 18.6 Å². The number of likely N-dealkylation sites (N-methyl/N-ethyl adjacent to an activating group) is 1. The Morgan fingerprint density at radius 2 is 2.18 bits per heavy atom. The van der Waals surface area contributed by atoms with E-state index in [1.165, 1.54) is 25.7 Å². The summed E-state index contributed by atoms with van der Waals surface area (Å²) < 4.78 is 0. The smallest absolute Gasteiger partial charge is 0.0215 e. The fourth-order valence-electron chi connectivity index (χ4n) is 1.71. The molecule has 1 saturated carbocycles. The van der Waals surface area contributed by atoms with E-state index in [0.717, 1.165) is 12.6 Å². The molecule has 0 spiro atoms. The quantitative estimate of drug-likeness (QED) is 0.663. The Kier molecular flexibility index (Phi) is 3.34. The minimum Gasteiger partial charge on any atom is -0.329 e. The van der Waals surface area contributed by atoms with Crippen LogP contribution in [0.1, 0.15) is 32.6 Å². The monoisotopic (exact) mass is 156 g/mol. The zero-order chi connectivity index (χ0) is 8.27. The molecule has 1 aliphatic carbocycles. The highest BCUT2D eigenvalue weighted by atomic mass is 15.2. The molecule has 1 aliphatic rings. The summed E-state index contributed by atoms with van der Waals surface area (Å²) >= 11 is 0. The lowest BCUT2D eigenvalue weighted by molar-refractivity contribution is 0.111. The summed E-state index contributed by atoms with van der Waals surface area (Å²) in [6.07, 6.45) is 5.36. The van der Waals surface area contributed by atoms with Gasteiger partial charge in [-0.2, -0.15) is 0 Å². The fourth-order valence-corrected chi connectivity index (χ4v) is 1.71. The zero-order valence-electron chi connectivity index (χ0n) is 7.71. The van der Waals surface area contributed by atoms with E-state index in [-0.39, 0.29) is 0 Å².